The second-order valence-corrected chi connectivity index (χ2v) is 9.49. The first-order valence-corrected chi connectivity index (χ1v) is 10.7. The molecule has 2 N–H and O–H groups in total. The van der Waals surface area contributed by atoms with Crippen molar-refractivity contribution in [3.63, 3.8) is 0 Å². The van der Waals surface area contributed by atoms with Gasteiger partial charge in [0.25, 0.3) is 5.91 Å². The van der Waals surface area contributed by atoms with Crippen LogP contribution in [0.15, 0.2) is 17.1 Å². The molecule has 31 heavy (non-hydrogen) atoms. The fraction of sp³-hybridized carbons (Fsp3) is 0.524. The number of fused-ring (bicyclic) bond motifs is 1. The van der Waals surface area contributed by atoms with Crippen molar-refractivity contribution >= 4 is 40.7 Å². The van der Waals surface area contributed by atoms with Gasteiger partial charge in [-0.15, -0.1) is 11.3 Å². The number of aliphatic hydroxyl groups excluding tert-OH is 1. The summed E-state index contributed by atoms with van der Waals surface area (Å²) in [7, 11) is 1.52. The minimum Gasteiger partial charge on any atom is -0.427 e. The molecule has 2 amide bonds. The van der Waals surface area contributed by atoms with Gasteiger partial charge >= 0.3 is 11.9 Å². The SMILES string of the molecule is CNC(=O)c1cc(C2=C(C(=O)OCOC(=O)C(C)(C)C)N3C(=O)C([C@@H](C)O)C3C2)cs1. The standard InChI is InChI=1S/C21H26N2O7S/c1-10(24)15-13-7-12(11-6-14(31-8-11)17(25)22-5)16(23(13)18(15)26)19(27)29-9-30-20(28)21(2,3)4/h6,8,10,13,15,24H,7,9H2,1-5H3,(H,22,25)/t10-,13?,15?/m1/s1. The number of nitrogens with one attached hydrogen (secondary N) is 1. The van der Waals surface area contributed by atoms with E-state index in [4.69, 9.17) is 9.47 Å². The van der Waals surface area contributed by atoms with Crippen molar-refractivity contribution in [3.05, 3.63) is 27.6 Å². The lowest BCUT2D eigenvalue weighted by molar-refractivity contribution is -0.175. The first-order valence-electron chi connectivity index (χ1n) is 9.87. The zero-order chi connectivity index (χ0) is 23.1. The van der Waals surface area contributed by atoms with Gasteiger partial charge in [0.05, 0.1) is 28.4 Å². The summed E-state index contributed by atoms with van der Waals surface area (Å²) >= 11 is 1.22. The number of carbonyl (C=O) groups excluding carboxylic acids is 4. The first-order chi connectivity index (χ1) is 14.5. The fourth-order valence-corrected chi connectivity index (χ4v) is 4.54. The lowest BCUT2D eigenvalue weighted by Crippen LogP contribution is -2.61. The molecule has 0 spiro atoms. The second kappa shape index (κ2) is 8.43. The molecule has 168 valence electrons. The average molecular weight is 451 g/mol. The average Bonchev–Trinajstić information content (AvgIpc) is 3.28. The molecule has 1 aromatic rings. The topological polar surface area (TPSA) is 122 Å². The summed E-state index contributed by atoms with van der Waals surface area (Å²) < 4.78 is 10.1. The number of aliphatic hydroxyl groups is 1. The van der Waals surface area contributed by atoms with Crippen LogP contribution in [-0.2, 0) is 23.9 Å². The molecule has 0 radical (unpaired) electrons. The predicted octanol–water partition coefficient (Wildman–Crippen LogP) is 1.52. The summed E-state index contributed by atoms with van der Waals surface area (Å²) in [5.74, 6) is -2.56. The number of rotatable bonds is 6. The quantitative estimate of drug-likeness (QED) is 0.383. The van der Waals surface area contributed by atoms with Gasteiger partial charge in [0.1, 0.15) is 5.70 Å². The van der Waals surface area contributed by atoms with E-state index in [0.717, 1.165) is 0 Å². The van der Waals surface area contributed by atoms with Gasteiger partial charge in [-0.25, -0.2) is 4.79 Å². The normalized spacial score (nSPS) is 21.4. The van der Waals surface area contributed by atoms with Gasteiger partial charge in [0.15, 0.2) is 0 Å². The molecule has 2 unspecified atom stereocenters. The van der Waals surface area contributed by atoms with Crippen LogP contribution in [0.3, 0.4) is 0 Å². The van der Waals surface area contributed by atoms with E-state index in [-0.39, 0.29) is 23.6 Å². The molecule has 0 bridgehead atoms. The molecular weight excluding hydrogens is 424 g/mol. The number of nitrogens with zero attached hydrogens (tertiary/aromatic N) is 1. The van der Waals surface area contributed by atoms with Crippen LogP contribution in [0.2, 0.25) is 0 Å². The zero-order valence-electron chi connectivity index (χ0n) is 18.1. The molecule has 3 rings (SSSR count). The van der Waals surface area contributed by atoms with Crippen LogP contribution in [0, 0.1) is 11.3 Å². The van der Waals surface area contributed by atoms with Crippen molar-refractivity contribution in [2.45, 2.75) is 46.3 Å². The molecule has 1 saturated heterocycles. The summed E-state index contributed by atoms with van der Waals surface area (Å²) in [6.07, 6.45) is -0.515. The van der Waals surface area contributed by atoms with Gasteiger partial charge in [0.2, 0.25) is 12.7 Å². The Hall–Kier alpha value is -2.72. The molecule has 0 aromatic carbocycles. The number of β-lactam (4-membered cyclic amide) rings is 1. The molecule has 2 aliphatic rings. The summed E-state index contributed by atoms with van der Waals surface area (Å²) in [6, 6.07) is 1.28. The number of carbonyl (C=O) groups is 4. The van der Waals surface area contributed by atoms with Crippen molar-refractivity contribution < 1.29 is 33.8 Å². The zero-order valence-corrected chi connectivity index (χ0v) is 18.9. The first kappa shape index (κ1) is 23.0. The minimum atomic E-state index is -0.859. The largest absolute Gasteiger partial charge is 0.427 e. The summed E-state index contributed by atoms with van der Waals surface area (Å²) in [5.41, 5.74) is 0.494. The molecule has 3 heterocycles. The van der Waals surface area contributed by atoms with Crippen LogP contribution >= 0.6 is 11.3 Å². The molecule has 10 heteroatoms. The van der Waals surface area contributed by atoms with Crippen molar-refractivity contribution in [1.82, 2.24) is 10.2 Å². The summed E-state index contributed by atoms with van der Waals surface area (Å²) in [4.78, 5) is 51.1. The second-order valence-electron chi connectivity index (χ2n) is 8.58. The number of thiophene rings is 1. The van der Waals surface area contributed by atoms with Crippen molar-refractivity contribution in [2.75, 3.05) is 13.8 Å². The van der Waals surface area contributed by atoms with Crippen LogP contribution in [-0.4, -0.2) is 59.7 Å². The lowest BCUT2D eigenvalue weighted by Gasteiger charge is -2.44. The van der Waals surface area contributed by atoms with E-state index >= 15 is 0 Å². The Labute approximate surface area is 184 Å². The number of ether oxygens (including phenoxy) is 2. The third-order valence-corrected chi connectivity index (χ3v) is 6.24. The van der Waals surface area contributed by atoms with Crippen LogP contribution in [0.25, 0.3) is 5.57 Å². The highest BCUT2D eigenvalue weighted by Crippen LogP contribution is 2.47. The molecule has 9 nitrogen and oxygen atoms in total. The van der Waals surface area contributed by atoms with Gasteiger partial charge in [-0.3, -0.25) is 14.4 Å². The third-order valence-electron chi connectivity index (χ3n) is 5.31. The monoisotopic (exact) mass is 450 g/mol. The number of hydrogen-bond acceptors (Lipinski definition) is 8. The smallest absolute Gasteiger partial charge is 0.358 e. The third kappa shape index (κ3) is 4.22. The number of hydrogen-bond donors (Lipinski definition) is 2. The maximum absolute atomic E-state index is 12.9. The Bertz CT molecular complexity index is 957. The number of esters is 2. The van der Waals surface area contributed by atoms with Crippen LogP contribution in [0.5, 0.6) is 0 Å². The van der Waals surface area contributed by atoms with Gasteiger partial charge in [0, 0.05) is 7.05 Å². The van der Waals surface area contributed by atoms with Crippen LogP contribution in [0.1, 0.15) is 49.4 Å². The van der Waals surface area contributed by atoms with Crippen molar-refractivity contribution in [3.8, 4) is 0 Å². The van der Waals surface area contributed by atoms with E-state index in [2.05, 4.69) is 5.32 Å². The molecule has 2 aliphatic heterocycles. The van der Waals surface area contributed by atoms with Crippen molar-refractivity contribution in [1.29, 1.82) is 0 Å². The van der Waals surface area contributed by atoms with E-state index < -0.39 is 36.2 Å². The van der Waals surface area contributed by atoms with Gasteiger partial charge in [-0.05, 0) is 56.7 Å². The van der Waals surface area contributed by atoms with E-state index in [1.165, 1.54) is 30.2 Å². The van der Waals surface area contributed by atoms with Gasteiger partial charge in [-0.1, -0.05) is 0 Å². The van der Waals surface area contributed by atoms with E-state index in [9.17, 15) is 24.3 Å². The Morgan fingerprint density at radius 3 is 2.58 bits per heavy atom. The molecular formula is C21H26N2O7S. The molecule has 0 saturated carbocycles. The molecule has 1 fully saturated rings. The van der Waals surface area contributed by atoms with Crippen LogP contribution < -0.4 is 5.32 Å². The van der Waals surface area contributed by atoms with E-state index in [1.807, 2.05) is 0 Å². The summed E-state index contributed by atoms with van der Waals surface area (Å²) in [5, 5.41) is 14.3. The predicted molar refractivity (Wildman–Crippen MR) is 112 cm³/mol. The summed E-state index contributed by atoms with van der Waals surface area (Å²) in [6.45, 7) is 5.99. The Kier molecular flexibility index (Phi) is 6.24. The molecule has 0 aliphatic carbocycles. The highest BCUT2D eigenvalue weighted by Gasteiger charge is 2.57. The van der Waals surface area contributed by atoms with E-state index in [0.29, 0.717) is 22.4 Å². The lowest BCUT2D eigenvalue weighted by atomic mass is 9.82. The Morgan fingerprint density at radius 1 is 1.32 bits per heavy atom. The maximum Gasteiger partial charge on any atom is 0.358 e. The van der Waals surface area contributed by atoms with Gasteiger partial charge < -0.3 is 24.8 Å². The highest BCUT2D eigenvalue weighted by molar-refractivity contribution is 7.12. The minimum absolute atomic E-state index is 0.0555. The van der Waals surface area contributed by atoms with E-state index in [1.54, 1.807) is 32.2 Å². The Balaban J connectivity index is 1.86. The van der Waals surface area contributed by atoms with Crippen molar-refractivity contribution in [2.24, 2.45) is 11.3 Å². The fourth-order valence-electron chi connectivity index (χ4n) is 3.67. The Morgan fingerprint density at radius 2 is 2.00 bits per heavy atom. The maximum atomic E-state index is 12.9. The molecule has 3 atom stereocenters. The van der Waals surface area contributed by atoms with Gasteiger partial charge in [-0.2, -0.15) is 0 Å². The van der Waals surface area contributed by atoms with Crippen LogP contribution in [0.4, 0.5) is 0 Å². The number of amides is 2. The molecule has 1 aromatic heterocycles. The highest BCUT2D eigenvalue weighted by atomic mass is 32.1.